The molecule has 0 aliphatic heterocycles. The predicted molar refractivity (Wildman–Crippen MR) is 242 cm³/mol. The van der Waals surface area contributed by atoms with Gasteiger partial charge in [-0.25, -0.2) is 0 Å². The second-order valence-electron chi connectivity index (χ2n) is 15.2. The maximum Gasteiger partial charge on any atom is -0.00203 e. The van der Waals surface area contributed by atoms with Gasteiger partial charge in [0.2, 0.25) is 0 Å². The number of fused-ring (bicyclic) bond motifs is 4. The van der Waals surface area contributed by atoms with Gasteiger partial charge < -0.3 is 0 Å². The highest BCUT2D eigenvalue weighted by molar-refractivity contribution is 6.29. The van der Waals surface area contributed by atoms with Crippen LogP contribution in [0.4, 0.5) is 0 Å². The van der Waals surface area contributed by atoms with E-state index in [-0.39, 0.29) is 0 Å². The molecule has 0 amide bonds. The van der Waals surface area contributed by atoms with Crippen LogP contribution in [0.5, 0.6) is 0 Å². The maximum atomic E-state index is 2.42. The zero-order chi connectivity index (χ0) is 36.7. The minimum atomic E-state index is 1.24. The molecule has 0 bridgehead atoms. The zero-order valence-corrected chi connectivity index (χ0v) is 30.6. The zero-order valence-electron chi connectivity index (χ0n) is 30.6. The van der Waals surface area contributed by atoms with Crippen molar-refractivity contribution in [2.45, 2.75) is 0 Å². The summed E-state index contributed by atoms with van der Waals surface area (Å²) in [5.41, 5.74) is 10.0. The number of hydrogen-bond donors (Lipinski definition) is 0. The van der Waals surface area contributed by atoms with Gasteiger partial charge in [-0.1, -0.05) is 182 Å². The lowest BCUT2D eigenvalue weighted by molar-refractivity contribution is 1.65. The summed E-state index contributed by atoms with van der Waals surface area (Å²) in [6.07, 6.45) is 0. The van der Waals surface area contributed by atoms with Crippen molar-refractivity contribution in [3.8, 4) is 44.5 Å². The third-order valence-electron chi connectivity index (χ3n) is 12.2. The molecule has 0 saturated carbocycles. The Bertz CT molecular complexity index is 3280. The summed E-state index contributed by atoms with van der Waals surface area (Å²) < 4.78 is 0. The summed E-state index contributed by atoms with van der Waals surface area (Å²) >= 11 is 0. The summed E-state index contributed by atoms with van der Waals surface area (Å²) in [7, 11) is 0. The molecule has 0 aliphatic carbocycles. The van der Waals surface area contributed by atoms with Gasteiger partial charge in [0.25, 0.3) is 0 Å². The first-order valence-corrected chi connectivity index (χ1v) is 19.5. The van der Waals surface area contributed by atoms with Crippen LogP contribution in [-0.4, -0.2) is 0 Å². The van der Waals surface area contributed by atoms with Gasteiger partial charge in [-0.2, -0.15) is 0 Å². The topological polar surface area (TPSA) is 0 Å². The van der Waals surface area contributed by atoms with Crippen molar-refractivity contribution in [3.05, 3.63) is 206 Å². The third-order valence-corrected chi connectivity index (χ3v) is 12.2. The van der Waals surface area contributed by atoms with Crippen molar-refractivity contribution in [1.29, 1.82) is 0 Å². The lowest BCUT2D eigenvalue weighted by Gasteiger charge is -2.19. The van der Waals surface area contributed by atoms with Crippen molar-refractivity contribution < 1.29 is 0 Å². The van der Waals surface area contributed by atoms with E-state index in [0.717, 1.165) is 0 Å². The van der Waals surface area contributed by atoms with Gasteiger partial charge in [-0.05, 0) is 144 Å². The Kier molecular flexibility index (Phi) is 6.73. The highest BCUT2D eigenvalue weighted by atomic mass is 14.2. The molecule has 0 atom stereocenters. The van der Waals surface area contributed by atoms with Gasteiger partial charge in [-0.3, -0.25) is 0 Å². The van der Waals surface area contributed by atoms with E-state index in [1.807, 2.05) is 0 Å². The van der Waals surface area contributed by atoms with Crippen LogP contribution >= 0.6 is 0 Å². The highest BCUT2D eigenvalue weighted by Gasteiger charge is 2.19. The van der Waals surface area contributed by atoms with Crippen LogP contribution in [0, 0.1) is 0 Å². The van der Waals surface area contributed by atoms with E-state index < -0.39 is 0 Å². The van der Waals surface area contributed by atoms with E-state index in [4.69, 9.17) is 0 Å². The summed E-state index contributed by atoms with van der Waals surface area (Å²) in [6, 6.07) is 76.8. The van der Waals surface area contributed by atoms with E-state index in [1.54, 1.807) is 0 Å². The van der Waals surface area contributed by atoms with Crippen LogP contribution in [0.3, 0.4) is 0 Å². The molecule has 0 spiro atoms. The van der Waals surface area contributed by atoms with Gasteiger partial charge >= 0.3 is 0 Å². The summed E-state index contributed by atoms with van der Waals surface area (Å²) in [5.74, 6) is 0. The van der Waals surface area contributed by atoms with Gasteiger partial charge in [0, 0.05) is 0 Å². The van der Waals surface area contributed by atoms with E-state index >= 15 is 0 Å². The smallest absolute Gasteiger partial charge is 0.00203 e. The number of hydrogen-bond acceptors (Lipinski definition) is 0. The molecular weight excluding hydrogens is 673 g/mol. The van der Waals surface area contributed by atoms with Crippen molar-refractivity contribution in [2.24, 2.45) is 0 Å². The average Bonchev–Trinajstić information content (AvgIpc) is 3.27. The van der Waals surface area contributed by atoms with Crippen LogP contribution in [0.15, 0.2) is 206 Å². The normalized spacial score (nSPS) is 11.9. The lowest BCUT2D eigenvalue weighted by atomic mass is 9.84. The Balaban J connectivity index is 1.12. The van der Waals surface area contributed by atoms with Crippen LogP contribution in [0.2, 0.25) is 0 Å². The minimum Gasteiger partial charge on any atom is -0.0616 e. The van der Waals surface area contributed by atoms with Crippen LogP contribution < -0.4 is 0 Å². The van der Waals surface area contributed by atoms with Crippen molar-refractivity contribution in [1.82, 2.24) is 0 Å². The van der Waals surface area contributed by atoms with Gasteiger partial charge in [0.05, 0.1) is 0 Å². The minimum absolute atomic E-state index is 1.24. The standard InChI is InChI=1S/C56H34/c1-5-17-43-35(11-1)15-9-21-47(43)41-31-39-13-3-7-19-45(39)53(33-41)49-27-23-37-26-30-52-50(28-24-38-25-29-51(49)55(37)56(38)52)54-34-42(32-40-14-4-8-20-46(40)54)48-22-10-16-36-12-2-6-18-44(36)48/h1-34H. The van der Waals surface area contributed by atoms with Crippen molar-refractivity contribution in [2.75, 3.05) is 0 Å². The molecule has 56 heavy (non-hydrogen) atoms. The molecule has 12 rings (SSSR count). The molecule has 0 aliphatic rings. The molecule has 0 radical (unpaired) electrons. The quantitative estimate of drug-likeness (QED) is 0.160. The van der Waals surface area contributed by atoms with E-state index in [9.17, 15) is 0 Å². The van der Waals surface area contributed by atoms with Gasteiger partial charge in [0.15, 0.2) is 0 Å². The molecule has 0 aromatic heterocycles. The van der Waals surface area contributed by atoms with E-state index in [0.29, 0.717) is 0 Å². The third kappa shape index (κ3) is 4.66. The summed E-state index contributed by atoms with van der Waals surface area (Å²) in [5, 5.41) is 17.9. The molecule has 12 aromatic carbocycles. The average molecular weight is 707 g/mol. The molecule has 0 heteroatoms. The first-order valence-electron chi connectivity index (χ1n) is 19.5. The fraction of sp³-hybridized carbons (Fsp3) is 0. The first kappa shape index (κ1) is 31.1. The maximum absolute atomic E-state index is 2.42. The van der Waals surface area contributed by atoms with Crippen LogP contribution in [-0.2, 0) is 0 Å². The Labute approximate surface area is 324 Å². The fourth-order valence-electron chi connectivity index (χ4n) is 9.60. The molecule has 0 N–H and O–H groups in total. The van der Waals surface area contributed by atoms with Crippen molar-refractivity contribution in [3.63, 3.8) is 0 Å². The van der Waals surface area contributed by atoms with Gasteiger partial charge in [-0.15, -0.1) is 0 Å². The molecule has 0 unspecified atom stereocenters. The first-order chi connectivity index (χ1) is 27.8. The number of benzene rings is 12. The second kappa shape index (κ2) is 12.1. The lowest BCUT2D eigenvalue weighted by Crippen LogP contribution is -1.92. The largest absolute Gasteiger partial charge is 0.0616 e. The molecule has 0 heterocycles. The molecule has 0 nitrogen and oxygen atoms in total. The molecule has 0 saturated heterocycles. The monoisotopic (exact) mass is 706 g/mol. The SMILES string of the molecule is c1ccc2c(-c3cc(-c4ccc5ccc6c(-c7cc(-c8cccc9ccccc89)cc8ccccc78)ccc7ccc4c5c76)c4ccccc4c3)cccc2c1. The summed E-state index contributed by atoms with van der Waals surface area (Å²) in [4.78, 5) is 0. The highest BCUT2D eigenvalue weighted by Crippen LogP contribution is 2.46. The Morgan fingerprint density at radius 3 is 0.982 bits per heavy atom. The Morgan fingerprint density at radius 2 is 0.536 bits per heavy atom. The predicted octanol–water partition coefficient (Wildman–Crippen LogP) is 15.9. The van der Waals surface area contributed by atoms with Crippen molar-refractivity contribution >= 4 is 75.4 Å². The molecule has 0 fully saturated rings. The van der Waals surface area contributed by atoms with Crippen LogP contribution in [0.1, 0.15) is 0 Å². The molecule has 12 aromatic rings. The Morgan fingerprint density at radius 1 is 0.179 bits per heavy atom. The molecule has 258 valence electrons. The van der Waals surface area contributed by atoms with Gasteiger partial charge in [0.1, 0.15) is 0 Å². The fourth-order valence-corrected chi connectivity index (χ4v) is 9.60. The van der Waals surface area contributed by atoms with Crippen LogP contribution in [0.25, 0.3) is 120 Å². The summed E-state index contributed by atoms with van der Waals surface area (Å²) in [6.45, 7) is 0. The second-order valence-corrected chi connectivity index (χ2v) is 15.2. The molecular formula is C56H34. The van der Waals surface area contributed by atoms with E-state index in [2.05, 4.69) is 206 Å². The Hall–Kier alpha value is -7.28. The number of rotatable bonds is 4. The van der Waals surface area contributed by atoms with E-state index in [1.165, 1.54) is 120 Å².